The van der Waals surface area contributed by atoms with Gasteiger partial charge < -0.3 is 14.5 Å². The van der Waals surface area contributed by atoms with Crippen molar-refractivity contribution in [3.63, 3.8) is 0 Å². The molecule has 0 aromatic carbocycles. The fourth-order valence-corrected chi connectivity index (χ4v) is 10.2. The van der Waals surface area contributed by atoms with E-state index in [2.05, 4.69) is 46.9 Å². The summed E-state index contributed by atoms with van der Waals surface area (Å²) in [5.41, 5.74) is 2.58. The number of rotatable bonds is 8. The van der Waals surface area contributed by atoms with Crippen LogP contribution in [0.15, 0.2) is 0 Å². The molecular formula is C17H35NO2Si. The van der Waals surface area contributed by atoms with Crippen molar-refractivity contribution in [1.82, 2.24) is 5.32 Å². The summed E-state index contributed by atoms with van der Waals surface area (Å²) in [6, 6.07) is 0. The Morgan fingerprint density at radius 3 is 1.86 bits per heavy atom. The molecule has 21 heavy (non-hydrogen) atoms. The average molecular weight is 314 g/mol. The summed E-state index contributed by atoms with van der Waals surface area (Å²) in [5, 5.41) is 3.37. The van der Waals surface area contributed by atoms with Crippen molar-refractivity contribution in [2.45, 2.75) is 77.1 Å². The summed E-state index contributed by atoms with van der Waals surface area (Å²) in [4.78, 5) is 0. The third-order valence-electron chi connectivity index (χ3n) is 5.82. The Labute approximate surface area is 132 Å². The summed E-state index contributed by atoms with van der Waals surface area (Å²) in [7, 11) is -1.71. The fraction of sp³-hybridized carbons (Fsp3) is 1.00. The molecule has 3 nitrogen and oxygen atoms in total. The Morgan fingerprint density at radius 1 is 0.952 bits per heavy atom. The monoisotopic (exact) mass is 313 g/mol. The van der Waals surface area contributed by atoms with Crippen molar-refractivity contribution < 1.29 is 9.16 Å². The number of hydrogen-bond donors (Lipinski definition) is 1. The van der Waals surface area contributed by atoms with Gasteiger partial charge in [0.1, 0.15) is 0 Å². The lowest BCUT2D eigenvalue weighted by atomic mass is 9.63. The minimum atomic E-state index is -1.71. The van der Waals surface area contributed by atoms with Gasteiger partial charge in [-0.25, -0.2) is 0 Å². The van der Waals surface area contributed by atoms with E-state index < -0.39 is 8.32 Å². The minimum Gasteiger partial charge on any atom is -0.414 e. The van der Waals surface area contributed by atoms with Crippen LogP contribution in [0, 0.1) is 5.41 Å². The van der Waals surface area contributed by atoms with E-state index in [0.717, 1.165) is 13.2 Å². The summed E-state index contributed by atoms with van der Waals surface area (Å²) >= 11 is 0. The second-order valence-electron chi connectivity index (χ2n) is 8.17. The third kappa shape index (κ3) is 3.38. The van der Waals surface area contributed by atoms with Crippen LogP contribution < -0.4 is 5.32 Å². The van der Waals surface area contributed by atoms with Crippen molar-refractivity contribution in [1.29, 1.82) is 0 Å². The van der Waals surface area contributed by atoms with Gasteiger partial charge in [-0.15, -0.1) is 0 Å². The van der Waals surface area contributed by atoms with E-state index in [1.54, 1.807) is 0 Å². The average Bonchev–Trinajstić information content (AvgIpc) is 2.27. The van der Waals surface area contributed by atoms with Crippen LogP contribution in [-0.4, -0.2) is 40.7 Å². The second-order valence-corrected chi connectivity index (χ2v) is 13.6. The van der Waals surface area contributed by atoms with Crippen LogP contribution in [0.2, 0.25) is 16.6 Å². The predicted molar refractivity (Wildman–Crippen MR) is 91.3 cm³/mol. The Morgan fingerprint density at radius 2 is 1.48 bits per heavy atom. The molecule has 0 aromatic heterocycles. The van der Waals surface area contributed by atoms with Crippen LogP contribution >= 0.6 is 0 Å². The molecule has 0 aromatic rings. The van der Waals surface area contributed by atoms with Crippen molar-refractivity contribution in [2.75, 3.05) is 26.3 Å². The largest absolute Gasteiger partial charge is 0.414 e. The van der Waals surface area contributed by atoms with E-state index in [1.807, 2.05) is 0 Å². The minimum absolute atomic E-state index is 0.490. The molecule has 1 saturated carbocycles. The topological polar surface area (TPSA) is 30.5 Å². The normalized spacial score (nSPS) is 22.1. The molecule has 4 heteroatoms. The first-order valence-corrected chi connectivity index (χ1v) is 10.9. The van der Waals surface area contributed by atoms with Crippen LogP contribution in [0.4, 0.5) is 0 Å². The molecule has 1 heterocycles. The highest BCUT2D eigenvalue weighted by atomic mass is 28.4. The summed E-state index contributed by atoms with van der Waals surface area (Å²) in [6.45, 7) is 18.0. The number of ether oxygens (including phenoxy) is 1. The second kappa shape index (κ2) is 6.69. The molecule has 1 aliphatic heterocycles. The molecular weight excluding hydrogens is 278 g/mol. The van der Waals surface area contributed by atoms with Crippen molar-refractivity contribution in [3.8, 4) is 0 Å². The van der Waals surface area contributed by atoms with Gasteiger partial charge >= 0.3 is 0 Å². The molecule has 1 saturated heterocycles. The van der Waals surface area contributed by atoms with Crippen molar-refractivity contribution in [2.24, 2.45) is 5.41 Å². The third-order valence-corrected chi connectivity index (χ3v) is 11.9. The van der Waals surface area contributed by atoms with Crippen molar-refractivity contribution in [3.05, 3.63) is 0 Å². The van der Waals surface area contributed by atoms with E-state index in [-0.39, 0.29) is 0 Å². The van der Waals surface area contributed by atoms with Crippen molar-refractivity contribution >= 4 is 8.32 Å². The maximum absolute atomic E-state index is 6.53. The van der Waals surface area contributed by atoms with Crippen LogP contribution in [0.5, 0.6) is 0 Å². The first-order valence-electron chi connectivity index (χ1n) is 8.79. The Bertz CT molecular complexity index is 310. The smallest absolute Gasteiger partial charge is 0.200 e. The molecule has 2 rings (SSSR count). The maximum atomic E-state index is 6.53. The summed E-state index contributed by atoms with van der Waals surface area (Å²) < 4.78 is 12.5. The molecule has 0 atom stereocenters. The molecule has 0 amide bonds. The molecule has 0 unspecified atom stereocenters. The fourth-order valence-electron chi connectivity index (χ4n) is 4.72. The van der Waals surface area contributed by atoms with Gasteiger partial charge in [0, 0.05) is 18.5 Å². The van der Waals surface area contributed by atoms with Gasteiger partial charge in [0.2, 0.25) is 0 Å². The SMILES string of the molecule is CC(C)[Si](OCCOC1CC2(CNC2)C1)(C(C)C)C(C)C. The summed E-state index contributed by atoms with van der Waals surface area (Å²) in [6.07, 6.45) is 2.99. The lowest BCUT2D eigenvalue weighted by molar-refractivity contribution is -0.108. The van der Waals surface area contributed by atoms with E-state index in [1.165, 1.54) is 25.9 Å². The van der Waals surface area contributed by atoms with E-state index >= 15 is 0 Å². The van der Waals surface area contributed by atoms with Crippen LogP contribution in [0.3, 0.4) is 0 Å². The Balaban J connectivity index is 1.72. The van der Waals surface area contributed by atoms with E-state index in [0.29, 0.717) is 28.1 Å². The first-order chi connectivity index (χ1) is 9.82. The van der Waals surface area contributed by atoms with Gasteiger partial charge in [-0.3, -0.25) is 0 Å². The maximum Gasteiger partial charge on any atom is 0.200 e. The lowest BCUT2D eigenvalue weighted by Crippen LogP contribution is -2.62. The number of hydrogen-bond acceptors (Lipinski definition) is 3. The molecule has 2 aliphatic rings. The van der Waals surface area contributed by atoms with E-state index in [4.69, 9.17) is 9.16 Å². The zero-order valence-electron chi connectivity index (χ0n) is 14.9. The van der Waals surface area contributed by atoms with Gasteiger partial charge in [0.05, 0.1) is 19.3 Å². The zero-order chi connectivity index (χ0) is 15.7. The highest BCUT2D eigenvalue weighted by Gasteiger charge is 2.49. The standard InChI is InChI=1S/C17H35NO2Si/c1-13(2)21(14(3)4,15(5)6)20-8-7-19-16-9-17(10-16)11-18-12-17/h13-16,18H,7-12H2,1-6H3. The Hall–Kier alpha value is 0.0969. The van der Waals surface area contributed by atoms with Crippen LogP contribution in [-0.2, 0) is 9.16 Å². The van der Waals surface area contributed by atoms with Gasteiger partial charge in [0.25, 0.3) is 0 Å². The predicted octanol–water partition coefficient (Wildman–Crippen LogP) is 3.95. The van der Waals surface area contributed by atoms with Gasteiger partial charge in [0.15, 0.2) is 8.32 Å². The van der Waals surface area contributed by atoms with Crippen LogP contribution in [0.25, 0.3) is 0 Å². The molecule has 0 radical (unpaired) electrons. The number of nitrogens with one attached hydrogen (secondary N) is 1. The highest BCUT2D eigenvalue weighted by molar-refractivity contribution is 6.77. The summed E-state index contributed by atoms with van der Waals surface area (Å²) in [5.74, 6) is 0. The van der Waals surface area contributed by atoms with E-state index in [9.17, 15) is 0 Å². The molecule has 2 fully saturated rings. The zero-order valence-corrected chi connectivity index (χ0v) is 15.9. The molecule has 1 N–H and O–H groups in total. The van der Waals surface area contributed by atoms with Gasteiger partial charge in [-0.2, -0.15) is 0 Å². The molecule has 1 spiro atoms. The molecule has 124 valence electrons. The first kappa shape index (κ1) is 17.5. The molecule has 0 bridgehead atoms. The van der Waals surface area contributed by atoms with Gasteiger partial charge in [-0.1, -0.05) is 41.5 Å². The van der Waals surface area contributed by atoms with Crippen LogP contribution in [0.1, 0.15) is 54.4 Å². The quantitative estimate of drug-likeness (QED) is 0.544. The Kier molecular flexibility index (Phi) is 5.56. The highest BCUT2D eigenvalue weighted by Crippen LogP contribution is 2.46. The molecule has 1 aliphatic carbocycles. The lowest BCUT2D eigenvalue weighted by Gasteiger charge is -2.54. The van der Waals surface area contributed by atoms with Gasteiger partial charge in [-0.05, 0) is 29.5 Å².